The lowest BCUT2D eigenvalue weighted by atomic mass is 9.96. The minimum atomic E-state index is 0.916. The average Bonchev–Trinajstić information content (AvgIpc) is 3.39. The van der Waals surface area contributed by atoms with Crippen molar-refractivity contribution < 1.29 is 0 Å². The second kappa shape index (κ2) is 10.2. The summed E-state index contributed by atoms with van der Waals surface area (Å²) in [5, 5.41) is 5.13. The highest BCUT2D eigenvalue weighted by molar-refractivity contribution is 6.10. The first-order chi connectivity index (χ1) is 20.8. The Morgan fingerprint density at radius 2 is 0.976 bits per heavy atom. The van der Waals surface area contributed by atoms with Gasteiger partial charge in [-0.15, -0.1) is 0 Å². The number of rotatable bonds is 5. The quantitative estimate of drug-likeness (QED) is 0.207. The zero-order valence-corrected chi connectivity index (χ0v) is 23.2. The molecule has 0 unspecified atom stereocenters. The third-order valence-corrected chi connectivity index (χ3v) is 8.44. The van der Waals surface area contributed by atoms with Crippen molar-refractivity contribution in [2.24, 2.45) is 0 Å². The summed E-state index contributed by atoms with van der Waals surface area (Å²) in [5.41, 5.74) is 11.3. The molecule has 198 valence electrons. The average molecular weight is 536 g/mol. The van der Waals surface area contributed by atoms with Crippen molar-refractivity contribution in [1.29, 1.82) is 0 Å². The van der Waals surface area contributed by atoms with Gasteiger partial charge in [-0.1, -0.05) is 133 Å². The molecule has 1 heteroatoms. The van der Waals surface area contributed by atoms with Gasteiger partial charge in [0.05, 0.1) is 11.0 Å². The first-order valence-electron chi connectivity index (χ1n) is 14.6. The predicted octanol–water partition coefficient (Wildman–Crippen LogP) is 10.9. The van der Waals surface area contributed by atoms with Gasteiger partial charge in [0.25, 0.3) is 0 Å². The Labute approximate surface area is 245 Å². The molecule has 7 aromatic carbocycles. The van der Waals surface area contributed by atoms with E-state index in [1.807, 2.05) is 0 Å². The Morgan fingerprint density at radius 3 is 1.76 bits per heavy atom. The highest BCUT2D eigenvalue weighted by Gasteiger charge is 2.13. The van der Waals surface area contributed by atoms with Crippen LogP contribution in [0.1, 0.15) is 11.1 Å². The Hall–Kier alpha value is -5.40. The Bertz CT molecular complexity index is 2180. The SMILES string of the molecule is c1ccc(-n2c3ccccc3c3cc(-c4ccc(Cc5ccc(-c6cccc7ccccc67)cc5)cc4)ccc32)cc1. The molecule has 8 aromatic rings. The maximum atomic E-state index is 2.36. The highest BCUT2D eigenvalue weighted by atomic mass is 15.0. The van der Waals surface area contributed by atoms with E-state index in [1.165, 1.54) is 71.6 Å². The molecule has 1 aromatic heterocycles. The van der Waals surface area contributed by atoms with Crippen LogP contribution >= 0.6 is 0 Å². The molecule has 0 amide bonds. The summed E-state index contributed by atoms with van der Waals surface area (Å²) in [5.74, 6) is 0. The fourth-order valence-corrected chi connectivity index (χ4v) is 6.34. The largest absolute Gasteiger partial charge is 0.309 e. The van der Waals surface area contributed by atoms with Crippen LogP contribution in [0.15, 0.2) is 164 Å². The van der Waals surface area contributed by atoms with Gasteiger partial charge in [0.1, 0.15) is 0 Å². The minimum Gasteiger partial charge on any atom is -0.309 e. The van der Waals surface area contributed by atoms with Gasteiger partial charge in [-0.25, -0.2) is 0 Å². The number of hydrogen-bond acceptors (Lipinski definition) is 0. The second-order valence-electron chi connectivity index (χ2n) is 11.0. The molecule has 0 saturated carbocycles. The molecule has 0 atom stereocenters. The van der Waals surface area contributed by atoms with Crippen molar-refractivity contribution in [2.45, 2.75) is 6.42 Å². The van der Waals surface area contributed by atoms with E-state index in [1.54, 1.807) is 0 Å². The molecule has 0 radical (unpaired) electrons. The van der Waals surface area contributed by atoms with Crippen molar-refractivity contribution in [3.8, 4) is 27.9 Å². The molecule has 0 aliphatic rings. The maximum absolute atomic E-state index is 2.36. The van der Waals surface area contributed by atoms with E-state index >= 15 is 0 Å². The molecule has 1 heterocycles. The van der Waals surface area contributed by atoms with Gasteiger partial charge < -0.3 is 4.57 Å². The third-order valence-electron chi connectivity index (χ3n) is 8.44. The molecule has 0 saturated heterocycles. The Kier molecular flexibility index (Phi) is 5.93. The van der Waals surface area contributed by atoms with E-state index in [4.69, 9.17) is 0 Å². The normalized spacial score (nSPS) is 11.4. The maximum Gasteiger partial charge on any atom is 0.0541 e. The lowest BCUT2D eigenvalue weighted by Crippen LogP contribution is -1.92. The number of fused-ring (bicyclic) bond motifs is 4. The van der Waals surface area contributed by atoms with Crippen molar-refractivity contribution in [2.75, 3.05) is 0 Å². The third kappa shape index (κ3) is 4.27. The van der Waals surface area contributed by atoms with Gasteiger partial charge >= 0.3 is 0 Å². The number of aromatic nitrogens is 1. The highest BCUT2D eigenvalue weighted by Crippen LogP contribution is 2.35. The zero-order valence-electron chi connectivity index (χ0n) is 23.2. The standard InChI is InChI=1S/C41H29N/c1-2-11-35(12-3-1)42-40-16-7-6-14-38(40)39-28-34(25-26-41(39)42)31-21-17-29(18-22-31)27-30-19-23-33(24-20-30)37-15-8-10-32-9-4-5-13-36(32)37/h1-26,28H,27H2. The molecule has 0 aliphatic heterocycles. The van der Waals surface area contributed by atoms with E-state index in [2.05, 4.69) is 168 Å². The summed E-state index contributed by atoms with van der Waals surface area (Å²) in [6.07, 6.45) is 0.916. The summed E-state index contributed by atoms with van der Waals surface area (Å²) in [6, 6.07) is 59.4. The summed E-state index contributed by atoms with van der Waals surface area (Å²) < 4.78 is 2.36. The monoisotopic (exact) mass is 535 g/mol. The van der Waals surface area contributed by atoms with Gasteiger partial charge in [0.15, 0.2) is 0 Å². The summed E-state index contributed by atoms with van der Waals surface area (Å²) in [4.78, 5) is 0. The van der Waals surface area contributed by atoms with Crippen molar-refractivity contribution in [3.63, 3.8) is 0 Å². The van der Waals surface area contributed by atoms with Crippen LogP contribution in [0.4, 0.5) is 0 Å². The fraction of sp³-hybridized carbons (Fsp3) is 0.0244. The number of nitrogens with zero attached hydrogens (tertiary/aromatic N) is 1. The topological polar surface area (TPSA) is 4.93 Å². The molecule has 0 aliphatic carbocycles. The van der Waals surface area contributed by atoms with E-state index in [0.29, 0.717) is 0 Å². The van der Waals surface area contributed by atoms with Crippen LogP contribution < -0.4 is 0 Å². The minimum absolute atomic E-state index is 0.916. The Balaban J connectivity index is 1.07. The van der Waals surface area contributed by atoms with Gasteiger partial charge in [0.2, 0.25) is 0 Å². The molecule has 1 nitrogen and oxygen atoms in total. The van der Waals surface area contributed by atoms with Crippen LogP contribution in [0.2, 0.25) is 0 Å². The van der Waals surface area contributed by atoms with Gasteiger partial charge in [-0.2, -0.15) is 0 Å². The van der Waals surface area contributed by atoms with E-state index in [9.17, 15) is 0 Å². The smallest absolute Gasteiger partial charge is 0.0541 e. The summed E-state index contributed by atoms with van der Waals surface area (Å²) in [7, 11) is 0. The summed E-state index contributed by atoms with van der Waals surface area (Å²) >= 11 is 0. The van der Waals surface area contributed by atoms with Crippen LogP contribution in [0.25, 0.3) is 60.5 Å². The molecule has 8 rings (SSSR count). The second-order valence-corrected chi connectivity index (χ2v) is 11.0. The van der Waals surface area contributed by atoms with E-state index in [-0.39, 0.29) is 0 Å². The predicted molar refractivity (Wildman–Crippen MR) is 178 cm³/mol. The number of para-hydroxylation sites is 2. The van der Waals surface area contributed by atoms with Crippen LogP contribution in [-0.4, -0.2) is 4.57 Å². The fourth-order valence-electron chi connectivity index (χ4n) is 6.34. The molecular formula is C41H29N. The van der Waals surface area contributed by atoms with Crippen LogP contribution in [0.3, 0.4) is 0 Å². The van der Waals surface area contributed by atoms with Gasteiger partial charge in [-0.3, -0.25) is 0 Å². The van der Waals surface area contributed by atoms with Crippen molar-refractivity contribution in [1.82, 2.24) is 4.57 Å². The van der Waals surface area contributed by atoms with Crippen LogP contribution in [0, 0.1) is 0 Å². The van der Waals surface area contributed by atoms with Gasteiger partial charge in [0, 0.05) is 16.5 Å². The lowest BCUT2D eigenvalue weighted by Gasteiger charge is -2.09. The van der Waals surface area contributed by atoms with Crippen molar-refractivity contribution in [3.05, 3.63) is 175 Å². The van der Waals surface area contributed by atoms with E-state index < -0.39 is 0 Å². The molecular weight excluding hydrogens is 506 g/mol. The molecule has 42 heavy (non-hydrogen) atoms. The van der Waals surface area contributed by atoms with Crippen LogP contribution in [-0.2, 0) is 6.42 Å². The molecule has 0 bridgehead atoms. The van der Waals surface area contributed by atoms with Crippen LogP contribution in [0.5, 0.6) is 0 Å². The molecule has 0 N–H and O–H groups in total. The molecule has 0 fully saturated rings. The van der Waals surface area contributed by atoms with E-state index in [0.717, 1.165) is 6.42 Å². The zero-order chi connectivity index (χ0) is 27.9. The molecule has 0 spiro atoms. The first kappa shape index (κ1) is 24.4. The van der Waals surface area contributed by atoms with Crippen molar-refractivity contribution >= 4 is 32.6 Å². The number of benzene rings is 7. The summed E-state index contributed by atoms with van der Waals surface area (Å²) in [6.45, 7) is 0. The van der Waals surface area contributed by atoms with Gasteiger partial charge in [-0.05, 0) is 80.9 Å². The lowest BCUT2D eigenvalue weighted by molar-refractivity contribution is 1.18. The first-order valence-corrected chi connectivity index (χ1v) is 14.6. The Morgan fingerprint density at radius 1 is 0.381 bits per heavy atom. The number of hydrogen-bond donors (Lipinski definition) is 0.